The zero-order valence-electron chi connectivity index (χ0n) is 7.50. The molecule has 14 heavy (non-hydrogen) atoms. The van der Waals surface area contributed by atoms with E-state index >= 15 is 0 Å². The van der Waals surface area contributed by atoms with Gasteiger partial charge in [-0.15, -0.1) is 0 Å². The summed E-state index contributed by atoms with van der Waals surface area (Å²) < 4.78 is 17.9. The quantitative estimate of drug-likeness (QED) is 0.718. The van der Waals surface area contributed by atoms with Crippen LogP contribution in [0.25, 0.3) is 0 Å². The third-order valence-corrected chi connectivity index (χ3v) is 2.23. The molecule has 0 unspecified atom stereocenters. The molecule has 0 aromatic heterocycles. The number of methoxy groups -OCH3 is 1. The van der Waals surface area contributed by atoms with Crippen molar-refractivity contribution in [2.75, 3.05) is 7.11 Å². The van der Waals surface area contributed by atoms with E-state index in [1.54, 1.807) is 0 Å². The Kier molecular flexibility index (Phi) is 3.89. The van der Waals surface area contributed by atoms with E-state index in [-0.39, 0.29) is 22.7 Å². The normalized spacial score (nSPS) is 10.4. The number of hydrogen-bond acceptors (Lipinski definition) is 3. The summed E-state index contributed by atoms with van der Waals surface area (Å²) in [4.78, 5) is 0. The van der Waals surface area contributed by atoms with Crippen LogP contribution in [0.4, 0.5) is 4.39 Å². The highest BCUT2D eigenvalue weighted by Crippen LogP contribution is 2.18. The van der Waals surface area contributed by atoms with Crippen molar-refractivity contribution in [3.63, 3.8) is 0 Å². The second-order valence-electron chi connectivity index (χ2n) is 2.74. The second kappa shape index (κ2) is 4.75. The topological polar surface area (TPSA) is 49.7 Å². The summed E-state index contributed by atoms with van der Waals surface area (Å²) in [5.74, 6) is -0.527. The Labute approximate surface area is 86.2 Å². The molecule has 0 heterocycles. The lowest BCUT2D eigenvalue weighted by atomic mass is 9.79. The van der Waals surface area contributed by atoms with Gasteiger partial charge in [0.25, 0.3) is 0 Å². The van der Waals surface area contributed by atoms with Gasteiger partial charge in [0.2, 0.25) is 0 Å². The van der Waals surface area contributed by atoms with Crippen molar-refractivity contribution in [1.82, 2.24) is 0 Å². The van der Waals surface area contributed by atoms with Gasteiger partial charge in [-0.05, 0) is 6.07 Å². The molecule has 1 aromatic carbocycles. The van der Waals surface area contributed by atoms with Crippen molar-refractivity contribution in [1.29, 1.82) is 0 Å². The van der Waals surface area contributed by atoms with Gasteiger partial charge >= 0.3 is 7.12 Å². The lowest BCUT2D eigenvalue weighted by molar-refractivity contribution is 0.181. The Balaban J connectivity index is 3.19. The largest absolute Gasteiger partial charge is 0.489 e. The average Bonchev–Trinajstić information content (AvgIpc) is 2.11. The molecule has 0 saturated heterocycles. The molecule has 0 fully saturated rings. The first-order chi connectivity index (χ1) is 6.57. The molecular formula is C8H9BClFO3. The highest BCUT2D eigenvalue weighted by Gasteiger charge is 2.19. The van der Waals surface area contributed by atoms with Crippen LogP contribution in [0.3, 0.4) is 0 Å². The van der Waals surface area contributed by atoms with Gasteiger partial charge in [0.15, 0.2) is 0 Å². The molecular weight excluding hydrogens is 209 g/mol. The van der Waals surface area contributed by atoms with Gasteiger partial charge in [-0.25, -0.2) is 4.39 Å². The highest BCUT2D eigenvalue weighted by atomic mass is 35.5. The summed E-state index contributed by atoms with van der Waals surface area (Å²) in [6, 6.07) is 2.34. The Morgan fingerprint density at radius 2 is 2.14 bits per heavy atom. The van der Waals surface area contributed by atoms with E-state index in [0.29, 0.717) is 0 Å². The molecule has 0 amide bonds. The maximum atomic E-state index is 13.2. The predicted molar refractivity (Wildman–Crippen MR) is 51.9 cm³/mol. The minimum Gasteiger partial charge on any atom is -0.423 e. The summed E-state index contributed by atoms with van der Waals surface area (Å²) in [6.45, 7) is -0.00870. The number of benzene rings is 1. The molecule has 3 nitrogen and oxygen atoms in total. The summed E-state index contributed by atoms with van der Waals surface area (Å²) in [5, 5.41) is 17.8. The highest BCUT2D eigenvalue weighted by molar-refractivity contribution is 6.62. The van der Waals surface area contributed by atoms with Crippen LogP contribution in [0.2, 0.25) is 5.02 Å². The summed E-state index contributed by atoms with van der Waals surface area (Å²) >= 11 is 5.75. The van der Waals surface area contributed by atoms with Gasteiger partial charge in [-0.3, -0.25) is 0 Å². The van der Waals surface area contributed by atoms with Crippen LogP contribution in [0.1, 0.15) is 5.56 Å². The van der Waals surface area contributed by atoms with E-state index in [1.165, 1.54) is 13.2 Å². The van der Waals surface area contributed by atoms with Crippen molar-refractivity contribution in [3.05, 3.63) is 28.5 Å². The number of halogens is 2. The van der Waals surface area contributed by atoms with E-state index in [4.69, 9.17) is 26.4 Å². The van der Waals surface area contributed by atoms with E-state index in [2.05, 4.69) is 0 Å². The van der Waals surface area contributed by atoms with E-state index in [1.807, 2.05) is 0 Å². The van der Waals surface area contributed by atoms with Gasteiger partial charge in [0.1, 0.15) is 5.82 Å². The standard InChI is InChI=1S/C8H9BClFO3/c1-14-4-5-7(11)3-2-6(8(5)10)9(12)13/h2-3,12-13H,4H2,1H3. The molecule has 0 bridgehead atoms. The van der Waals surface area contributed by atoms with Crippen molar-refractivity contribution >= 4 is 24.2 Å². The third-order valence-electron chi connectivity index (χ3n) is 1.78. The maximum absolute atomic E-state index is 13.2. The van der Waals surface area contributed by atoms with Crippen LogP contribution in [0, 0.1) is 5.82 Å². The minimum atomic E-state index is -1.71. The molecule has 6 heteroatoms. The summed E-state index contributed by atoms with van der Waals surface area (Å²) in [7, 11) is -0.309. The molecule has 2 N–H and O–H groups in total. The van der Waals surface area contributed by atoms with Gasteiger partial charge in [-0.1, -0.05) is 17.7 Å². The van der Waals surface area contributed by atoms with Crippen LogP contribution in [0.15, 0.2) is 12.1 Å². The van der Waals surface area contributed by atoms with Crippen molar-refractivity contribution < 1.29 is 19.2 Å². The zero-order valence-corrected chi connectivity index (χ0v) is 8.25. The summed E-state index contributed by atoms with van der Waals surface area (Å²) in [5.41, 5.74) is 0.194. The SMILES string of the molecule is COCc1c(F)ccc(B(O)O)c1Cl. The molecule has 0 aliphatic carbocycles. The summed E-state index contributed by atoms with van der Waals surface area (Å²) in [6.07, 6.45) is 0. The van der Waals surface area contributed by atoms with E-state index in [0.717, 1.165) is 6.07 Å². The van der Waals surface area contributed by atoms with Crippen LogP contribution in [-0.2, 0) is 11.3 Å². The Hall–Kier alpha value is -0.615. The van der Waals surface area contributed by atoms with Gasteiger partial charge in [-0.2, -0.15) is 0 Å². The van der Waals surface area contributed by atoms with Crippen LogP contribution in [0.5, 0.6) is 0 Å². The molecule has 0 aliphatic heterocycles. The molecule has 0 saturated carbocycles. The van der Waals surface area contributed by atoms with Gasteiger partial charge in [0.05, 0.1) is 6.61 Å². The molecule has 0 radical (unpaired) electrons. The number of hydrogen-bond donors (Lipinski definition) is 2. The molecule has 1 aromatic rings. The second-order valence-corrected chi connectivity index (χ2v) is 3.11. The molecule has 0 atom stereocenters. The fraction of sp³-hybridized carbons (Fsp3) is 0.250. The van der Waals surface area contributed by atoms with Crippen molar-refractivity contribution in [3.8, 4) is 0 Å². The van der Waals surface area contributed by atoms with Crippen LogP contribution < -0.4 is 5.46 Å². The Morgan fingerprint density at radius 1 is 1.50 bits per heavy atom. The zero-order chi connectivity index (χ0) is 10.7. The van der Waals surface area contributed by atoms with E-state index < -0.39 is 12.9 Å². The monoisotopic (exact) mass is 218 g/mol. The first-order valence-corrected chi connectivity index (χ1v) is 4.27. The predicted octanol–water partition coefficient (Wildman–Crippen LogP) is 0.305. The number of ether oxygens (including phenoxy) is 1. The molecule has 0 aliphatic rings. The first-order valence-electron chi connectivity index (χ1n) is 3.89. The van der Waals surface area contributed by atoms with Gasteiger partial charge < -0.3 is 14.8 Å². The first kappa shape index (κ1) is 11.5. The van der Waals surface area contributed by atoms with E-state index in [9.17, 15) is 4.39 Å². The smallest absolute Gasteiger partial charge is 0.423 e. The Bertz CT molecular complexity index is 333. The average molecular weight is 218 g/mol. The fourth-order valence-electron chi connectivity index (χ4n) is 1.09. The fourth-order valence-corrected chi connectivity index (χ4v) is 1.40. The van der Waals surface area contributed by atoms with Gasteiger partial charge in [0, 0.05) is 23.2 Å². The third kappa shape index (κ3) is 2.25. The van der Waals surface area contributed by atoms with Crippen LogP contribution >= 0.6 is 11.6 Å². The Morgan fingerprint density at radius 3 is 2.64 bits per heavy atom. The van der Waals surface area contributed by atoms with Crippen molar-refractivity contribution in [2.45, 2.75) is 6.61 Å². The lowest BCUT2D eigenvalue weighted by Gasteiger charge is -2.09. The number of rotatable bonds is 3. The maximum Gasteiger partial charge on any atom is 0.489 e. The molecule has 1 rings (SSSR count). The van der Waals surface area contributed by atoms with Crippen LogP contribution in [-0.4, -0.2) is 24.3 Å². The molecule has 76 valence electrons. The molecule has 0 spiro atoms. The van der Waals surface area contributed by atoms with Crippen molar-refractivity contribution in [2.24, 2.45) is 0 Å². The lowest BCUT2D eigenvalue weighted by Crippen LogP contribution is -2.31. The minimum absolute atomic E-state index is 0.00870.